The first-order valence-electron chi connectivity index (χ1n) is 6.52. The molecule has 0 aliphatic rings. The SMILES string of the molecule is CNCc1oc2c(C(C)(C)C)cc(C)cc2c1C. The molecule has 2 aromatic rings. The van der Waals surface area contributed by atoms with Crippen LogP contribution in [-0.2, 0) is 12.0 Å². The van der Waals surface area contributed by atoms with Gasteiger partial charge in [-0.15, -0.1) is 0 Å². The van der Waals surface area contributed by atoms with Crippen LogP contribution in [0, 0.1) is 13.8 Å². The highest BCUT2D eigenvalue weighted by Gasteiger charge is 2.22. The summed E-state index contributed by atoms with van der Waals surface area (Å²) in [5.74, 6) is 1.04. The highest BCUT2D eigenvalue weighted by molar-refractivity contribution is 5.86. The summed E-state index contributed by atoms with van der Waals surface area (Å²) in [5, 5.41) is 4.42. The molecule has 0 aliphatic heterocycles. The molecule has 0 spiro atoms. The van der Waals surface area contributed by atoms with E-state index in [1.807, 2.05) is 7.05 Å². The monoisotopic (exact) mass is 245 g/mol. The molecule has 2 nitrogen and oxygen atoms in total. The lowest BCUT2D eigenvalue weighted by Gasteiger charge is -2.19. The van der Waals surface area contributed by atoms with E-state index in [2.05, 4.69) is 52.1 Å². The molecule has 0 fully saturated rings. The lowest BCUT2D eigenvalue weighted by molar-refractivity contribution is 0.509. The highest BCUT2D eigenvalue weighted by Crippen LogP contribution is 2.35. The zero-order valence-electron chi connectivity index (χ0n) is 12.3. The molecule has 0 saturated heterocycles. The van der Waals surface area contributed by atoms with Crippen LogP contribution >= 0.6 is 0 Å². The van der Waals surface area contributed by atoms with Gasteiger partial charge in [-0.1, -0.05) is 26.8 Å². The number of rotatable bonds is 2. The summed E-state index contributed by atoms with van der Waals surface area (Å²) in [6.07, 6.45) is 0. The average Bonchev–Trinajstić information content (AvgIpc) is 2.55. The van der Waals surface area contributed by atoms with Crippen LogP contribution in [0.1, 0.15) is 43.2 Å². The maximum Gasteiger partial charge on any atom is 0.138 e. The van der Waals surface area contributed by atoms with Gasteiger partial charge in [0.2, 0.25) is 0 Å². The Morgan fingerprint density at radius 2 is 1.83 bits per heavy atom. The zero-order chi connectivity index (χ0) is 13.5. The number of nitrogens with one attached hydrogen (secondary N) is 1. The van der Waals surface area contributed by atoms with E-state index >= 15 is 0 Å². The van der Waals surface area contributed by atoms with Gasteiger partial charge in [0, 0.05) is 10.9 Å². The van der Waals surface area contributed by atoms with Gasteiger partial charge in [-0.05, 0) is 43.5 Å². The molecule has 0 aliphatic carbocycles. The van der Waals surface area contributed by atoms with Crippen molar-refractivity contribution in [1.82, 2.24) is 5.32 Å². The third-order valence-electron chi connectivity index (χ3n) is 3.43. The summed E-state index contributed by atoms with van der Waals surface area (Å²) in [6, 6.07) is 4.47. The lowest BCUT2D eigenvalue weighted by Crippen LogP contribution is -2.11. The molecule has 98 valence electrons. The zero-order valence-corrected chi connectivity index (χ0v) is 12.3. The third kappa shape index (κ3) is 2.17. The Kier molecular flexibility index (Phi) is 3.24. The number of aryl methyl sites for hydroxylation is 2. The van der Waals surface area contributed by atoms with Crippen molar-refractivity contribution < 1.29 is 4.42 Å². The Morgan fingerprint density at radius 1 is 1.17 bits per heavy atom. The third-order valence-corrected chi connectivity index (χ3v) is 3.43. The van der Waals surface area contributed by atoms with Gasteiger partial charge in [0.15, 0.2) is 0 Å². The summed E-state index contributed by atoms with van der Waals surface area (Å²) in [7, 11) is 1.95. The van der Waals surface area contributed by atoms with Crippen molar-refractivity contribution in [3.63, 3.8) is 0 Å². The second kappa shape index (κ2) is 4.43. The molecule has 1 aromatic carbocycles. The minimum absolute atomic E-state index is 0.103. The maximum absolute atomic E-state index is 6.09. The van der Waals surface area contributed by atoms with E-state index in [1.54, 1.807) is 0 Å². The Balaban J connectivity index is 2.76. The van der Waals surface area contributed by atoms with Crippen LogP contribution in [0.15, 0.2) is 16.5 Å². The second-order valence-electron chi connectivity index (χ2n) is 6.12. The van der Waals surface area contributed by atoms with Gasteiger partial charge in [0.05, 0.1) is 6.54 Å². The lowest BCUT2D eigenvalue weighted by atomic mass is 9.85. The van der Waals surface area contributed by atoms with Gasteiger partial charge in [-0.25, -0.2) is 0 Å². The highest BCUT2D eigenvalue weighted by atomic mass is 16.3. The summed E-state index contributed by atoms with van der Waals surface area (Å²) >= 11 is 0. The fraction of sp³-hybridized carbons (Fsp3) is 0.500. The van der Waals surface area contributed by atoms with E-state index in [4.69, 9.17) is 4.42 Å². The van der Waals surface area contributed by atoms with Crippen molar-refractivity contribution in [3.8, 4) is 0 Å². The van der Waals surface area contributed by atoms with Crippen molar-refractivity contribution in [2.45, 2.75) is 46.6 Å². The van der Waals surface area contributed by atoms with Crippen molar-refractivity contribution in [1.29, 1.82) is 0 Å². The summed E-state index contributed by atoms with van der Waals surface area (Å²) in [5.41, 5.74) is 5.01. The topological polar surface area (TPSA) is 25.2 Å². The second-order valence-corrected chi connectivity index (χ2v) is 6.12. The van der Waals surface area contributed by atoms with Crippen LogP contribution < -0.4 is 5.32 Å². The number of fused-ring (bicyclic) bond motifs is 1. The number of hydrogen-bond donors (Lipinski definition) is 1. The predicted molar refractivity (Wildman–Crippen MR) is 77.2 cm³/mol. The van der Waals surface area contributed by atoms with Gasteiger partial charge in [0.1, 0.15) is 11.3 Å². The minimum Gasteiger partial charge on any atom is -0.459 e. The fourth-order valence-electron chi connectivity index (χ4n) is 2.40. The Morgan fingerprint density at radius 3 is 2.39 bits per heavy atom. The van der Waals surface area contributed by atoms with Gasteiger partial charge >= 0.3 is 0 Å². The molecule has 0 unspecified atom stereocenters. The van der Waals surface area contributed by atoms with Crippen LogP contribution in [0.4, 0.5) is 0 Å². The first-order chi connectivity index (χ1) is 8.34. The maximum atomic E-state index is 6.09. The summed E-state index contributed by atoms with van der Waals surface area (Å²) in [6.45, 7) is 11.8. The molecule has 0 amide bonds. The summed E-state index contributed by atoms with van der Waals surface area (Å²) < 4.78 is 6.09. The van der Waals surface area contributed by atoms with E-state index in [0.29, 0.717) is 0 Å². The molecule has 1 N–H and O–H groups in total. The Hall–Kier alpha value is -1.28. The molecule has 0 bridgehead atoms. The van der Waals surface area contributed by atoms with Crippen LogP contribution in [0.25, 0.3) is 11.0 Å². The largest absolute Gasteiger partial charge is 0.459 e. The van der Waals surface area contributed by atoms with Crippen LogP contribution in [0.2, 0.25) is 0 Å². The van der Waals surface area contributed by atoms with Gasteiger partial charge < -0.3 is 9.73 Å². The van der Waals surface area contributed by atoms with Gasteiger partial charge in [-0.3, -0.25) is 0 Å². The van der Waals surface area contributed by atoms with E-state index in [1.165, 1.54) is 22.1 Å². The molecule has 0 saturated carbocycles. The van der Waals surface area contributed by atoms with E-state index in [9.17, 15) is 0 Å². The van der Waals surface area contributed by atoms with Crippen molar-refractivity contribution in [2.24, 2.45) is 0 Å². The molecule has 2 rings (SSSR count). The minimum atomic E-state index is 0.103. The van der Waals surface area contributed by atoms with Crippen molar-refractivity contribution in [2.75, 3.05) is 7.05 Å². The van der Waals surface area contributed by atoms with Crippen molar-refractivity contribution in [3.05, 3.63) is 34.6 Å². The van der Waals surface area contributed by atoms with Crippen LogP contribution in [-0.4, -0.2) is 7.05 Å². The first-order valence-corrected chi connectivity index (χ1v) is 6.52. The Bertz CT molecular complexity index is 573. The number of benzene rings is 1. The molecular weight excluding hydrogens is 222 g/mol. The van der Waals surface area contributed by atoms with Gasteiger partial charge in [-0.2, -0.15) is 0 Å². The quantitative estimate of drug-likeness (QED) is 0.863. The molecular formula is C16H23NO. The number of furan rings is 1. The molecule has 1 aromatic heterocycles. The van der Waals surface area contributed by atoms with E-state index < -0.39 is 0 Å². The molecule has 1 heterocycles. The molecule has 2 heteroatoms. The standard InChI is InChI=1S/C16H23NO/c1-10-7-12-11(2)14(9-17-6)18-15(12)13(8-10)16(3,4)5/h7-8,17H,9H2,1-6H3. The molecule has 0 atom stereocenters. The van der Waals surface area contributed by atoms with E-state index in [0.717, 1.165) is 17.9 Å². The average molecular weight is 245 g/mol. The van der Waals surface area contributed by atoms with Crippen LogP contribution in [0.5, 0.6) is 0 Å². The van der Waals surface area contributed by atoms with Crippen molar-refractivity contribution >= 4 is 11.0 Å². The molecule has 18 heavy (non-hydrogen) atoms. The molecule has 0 radical (unpaired) electrons. The van der Waals surface area contributed by atoms with Gasteiger partial charge in [0.25, 0.3) is 0 Å². The smallest absolute Gasteiger partial charge is 0.138 e. The number of hydrogen-bond acceptors (Lipinski definition) is 2. The predicted octanol–water partition coefficient (Wildman–Crippen LogP) is 4.07. The Labute approximate surface area is 109 Å². The van der Waals surface area contributed by atoms with Crippen LogP contribution in [0.3, 0.4) is 0 Å². The fourth-order valence-corrected chi connectivity index (χ4v) is 2.40. The normalized spacial score (nSPS) is 12.3. The first kappa shape index (κ1) is 13.2. The summed E-state index contributed by atoms with van der Waals surface area (Å²) in [4.78, 5) is 0. The van der Waals surface area contributed by atoms with E-state index in [-0.39, 0.29) is 5.41 Å².